The van der Waals surface area contributed by atoms with Crippen molar-refractivity contribution in [2.24, 2.45) is 0 Å². The molecule has 1 aromatic heterocycles. The van der Waals surface area contributed by atoms with E-state index < -0.39 is 15.9 Å². The number of sulfonamides is 1. The van der Waals surface area contributed by atoms with Crippen LogP contribution in [0.25, 0.3) is 0 Å². The molecule has 0 unspecified atom stereocenters. The lowest BCUT2D eigenvalue weighted by Crippen LogP contribution is -2.34. The molecule has 0 aliphatic rings. The number of aromatic nitrogens is 2. The molecule has 0 bridgehead atoms. The third-order valence-electron chi connectivity index (χ3n) is 4.56. The normalized spacial score (nSPS) is 10.8. The molecule has 36 heavy (non-hydrogen) atoms. The van der Waals surface area contributed by atoms with E-state index in [1.165, 1.54) is 43.8 Å². The maximum atomic E-state index is 12.7. The minimum absolute atomic E-state index is 0.00119. The molecule has 13 heteroatoms. The Balaban J connectivity index is 1.60. The largest absolute Gasteiger partial charge is 0.490 e. The lowest BCUT2D eigenvalue weighted by atomic mass is 10.2. The summed E-state index contributed by atoms with van der Waals surface area (Å²) in [5, 5.41) is 5.47. The summed E-state index contributed by atoms with van der Waals surface area (Å²) in [6.07, 6.45) is 1.18. The number of para-hydroxylation sites is 1. The predicted octanol–water partition coefficient (Wildman–Crippen LogP) is 2.83. The quantitative estimate of drug-likeness (QED) is 0.250. The fourth-order valence-corrected chi connectivity index (χ4v) is 4.10. The van der Waals surface area contributed by atoms with Crippen LogP contribution in [0.1, 0.15) is 17.3 Å². The number of hydrogen-bond donors (Lipinski definition) is 3. The molecule has 0 saturated heterocycles. The number of nitrogens with zero attached hydrogens (tertiary/aromatic N) is 2. The van der Waals surface area contributed by atoms with Gasteiger partial charge in [0.15, 0.2) is 5.11 Å². The van der Waals surface area contributed by atoms with Gasteiger partial charge in [-0.25, -0.2) is 18.4 Å². The minimum Gasteiger partial charge on any atom is -0.490 e. The fourth-order valence-electron chi connectivity index (χ4n) is 2.89. The van der Waals surface area contributed by atoms with E-state index in [0.717, 1.165) is 0 Å². The number of rotatable bonds is 11. The highest BCUT2D eigenvalue weighted by Gasteiger charge is 2.17. The van der Waals surface area contributed by atoms with E-state index in [-0.39, 0.29) is 21.7 Å². The Bertz CT molecular complexity index is 1300. The van der Waals surface area contributed by atoms with Crippen LogP contribution in [0.2, 0.25) is 0 Å². The number of hydrogen-bond acceptors (Lipinski definition) is 9. The van der Waals surface area contributed by atoms with Crippen molar-refractivity contribution < 1.29 is 27.4 Å². The second kappa shape index (κ2) is 12.8. The summed E-state index contributed by atoms with van der Waals surface area (Å²) in [5.41, 5.74) is 0.788. The number of carbonyl (C=O) groups excluding carboxylic acids is 1. The van der Waals surface area contributed by atoms with Gasteiger partial charge in [-0.05, 0) is 55.5 Å². The summed E-state index contributed by atoms with van der Waals surface area (Å²) in [6.45, 7) is 3.17. The predicted molar refractivity (Wildman–Crippen MR) is 138 cm³/mol. The molecule has 1 heterocycles. The topological polar surface area (TPSA) is 141 Å². The second-order valence-corrected chi connectivity index (χ2v) is 9.12. The van der Waals surface area contributed by atoms with Gasteiger partial charge in [0.25, 0.3) is 15.9 Å². The lowest BCUT2D eigenvalue weighted by molar-refractivity contribution is 0.0958. The number of thiocarbonyl (C=S) groups is 1. The highest BCUT2D eigenvalue weighted by atomic mass is 32.2. The number of anilines is 2. The van der Waals surface area contributed by atoms with Crippen molar-refractivity contribution in [1.29, 1.82) is 0 Å². The summed E-state index contributed by atoms with van der Waals surface area (Å²) < 4.78 is 43.5. The summed E-state index contributed by atoms with van der Waals surface area (Å²) in [4.78, 5) is 20.4. The first-order valence-electron chi connectivity index (χ1n) is 10.7. The van der Waals surface area contributed by atoms with Crippen LogP contribution in [0, 0.1) is 0 Å². The zero-order valence-electron chi connectivity index (χ0n) is 19.6. The lowest BCUT2D eigenvalue weighted by Gasteiger charge is -2.13. The smallest absolute Gasteiger partial charge is 0.263 e. The van der Waals surface area contributed by atoms with E-state index in [0.29, 0.717) is 36.8 Å². The van der Waals surface area contributed by atoms with Crippen molar-refractivity contribution in [3.63, 3.8) is 0 Å². The van der Waals surface area contributed by atoms with Crippen molar-refractivity contribution >= 4 is 44.8 Å². The van der Waals surface area contributed by atoms with Crippen LogP contribution in [-0.4, -0.2) is 56.3 Å². The SMILES string of the molecule is CCOCCOc1ccccc1C(=O)NC(=S)Nc1ccc(S(=O)(=O)Nc2cc(OC)ncn2)cc1. The second-order valence-electron chi connectivity index (χ2n) is 7.03. The van der Waals surface area contributed by atoms with E-state index in [1.807, 2.05) is 6.92 Å². The molecule has 0 spiro atoms. The standard InChI is InChI=1S/C23H25N5O6S2/c1-3-33-12-13-34-19-7-5-4-6-18(19)22(29)27-23(35)26-16-8-10-17(11-9-16)36(30,31)28-20-14-21(32-2)25-15-24-20/h4-11,14-15H,3,12-13H2,1-2H3,(H,24,25,28)(H2,26,27,29,35). The molecule has 0 radical (unpaired) electrons. The van der Waals surface area contributed by atoms with E-state index in [2.05, 4.69) is 25.3 Å². The van der Waals surface area contributed by atoms with Crippen molar-refractivity contribution in [2.45, 2.75) is 11.8 Å². The van der Waals surface area contributed by atoms with E-state index in [9.17, 15) is 13.2 Å². The Morgan fingerprint density at radius 1 is 1.06 bits per heavy atom. The molecule has 0 aliphatic heterocycles. The van der Waals surface area contributed by atoms with Gasteiger partial charge in [0.2, 0.25) is 5.88 Å². The van der Waals surface area contributed by atoms with Crippen LogP contribution in [0.4, 0.5) is 11.5 Å². The molecule has 2 aromatic carbocycles. The first-order chi connectivity index (χ1) is 17.3. The number of methoxy groups -OCH3 is 1. The van der Waals surface area contributed by atoms with Crippen LogP contribution in [0.3, 0.4) is 0 Å². The Kier molecular flexibility index (Phi) is 9.50. The van der Waals surface area contributed by atoms with E-state index in [4.69, 9.17) is 26.4 Å². The number of ether oxygens (including phenoxy) is 3. The number of carbonyl (C=O) groups is 1. The molecule has 11 nitrogen and oxygen atoms in total. The third kappa shape index (κ3) is 7.60. The maximum Gasteiger partial charge on any atom is 0.263 e. The molecule has 1 amide bonds. The maximum absolute atomic E-state index is 12.7. The first-order valence-corrected chi connectivity index (χ1v) is 12.6. The van der Waals surface area contributed by atoms with Crippen LogP contribution >= 0.6 is 12.2 Å². The van der Waals surface area contributed by atoms with Crippen molar-refractivity contribution in [3.8, 4) is 11.6 Å². The fraction of sp³-hybridized carbons (Fsp3) is 0.217. The van der Waals surface area contributed by atoms with Gasteiger partial charge >= 0.3 is 0 Å². The molecule has 190 valence electrons. The van der Waals surface area contributed by atoms with E-state index in [1.54, 1.807) is 24.3 Å². The molecule has 0 saturated carbocycles. The number of benzene rings is 2. The van der Waals surface area contributed by atoms with Crippen LogP contribution in [0.15, 0.2) is 65.8 Å². The van der Waals surface area contributed by atoms with Gasteiger partial charge in [0, 0.05) is 18.4 Å². The zero-order chi connectivity index (χ0) is 26.0. The number of amides is 1. The summed E-state index contributed by atoms with van der Waals surface area (Å²) in [6, 6.07) is 13.9. The average Bonchev–Trinajstić information content (AvgIpc) is 2.87. The molecular weight excluding hydrogens is 506 g/mol. The van der Waals surface area contributed by atoms with Crippen LogP contribution in [0.5, 0.6) is 11.6 Å². The van der Waals surface area contributed by atoms with Gasteiger partial charge in [-0.15, -0.1) is 0 Å². The van der Waals surface area contributed by atoms with Gasteiger partial charge < -0.3 is 19.5 Å². The zero-order valence-corrected chi connectivity index (χ0v) is 21.2. The van der Waals surface area contributed by atoms with Gasteiger partial charge in [-0.3, -0.25) is 14.8 Å². The molecule has 3 N–H and O–H groups in total. The number of nitrogens with one attached hydrogen (secondary N) is 3. The van der Waals surface area contributed by atoms with E-state index >= 15 is 0 Å². The van der Waals surface area contributed by atoms with Crippen molar-refractivity contribution in [1.82, 2.24) is 15.3 Å². The van der Waals surface area contributed by atoms with Gasteiger partial charge in [0.05, 0.1) is 24.2 Å². The van der Waals surface area contributed by atoms with Crippen molar-refractivity contribution in [2.75, 3.05) is 37.0 Å². The molecule has 0 aliphatic carbocycles. The summed E-state index contributed by atoms with van der Waals surface area (Å²) in [7, 11) is -2.49. The van der Waals surface area contributed by atoms with Crippen molar-refractivity contribution in [3.05, 3.63) is 66.5 Å². The molecular formula is C23H25N5O6S2. The molecule has 0 fully saturated rings. The van der Waals surface area contributed by atoms with Crippen LogP contribution < -0.4 is 24.8 Å². The monoisotopic (exact) mass is 531 g/mol. The highest BCUT2D eigenvalue weighted by Crippen LogP contribution is 2.20. The Labute approximate surface area is 214 Å². The summed E-state index contributed by atoms with van der Waals surface area (Å²) >= 11 is 5.23. The Morgan fingerprint density at radius 3 is 2.53 bits per heavy atom. The van der Waals surface area contributed by atoms with Gasteiger partial charge in [-0.2, -0.15) is 0 Å². The van der Waals surface area contributed by atoms with Crippen LogP contribution in [-0.2, 0) is 14.8 Å². The highest BCUT2D eigenvalue weighted by molar-refractivity contribution is 7.92. The summed E-state index contributed by atoms with van der Waals surface area (Å²) in [5.74, 6) is 0.233. The molecule has 0 atom stereocenters. The van der Waals surface area contributed by atoms with Gasteiger partial charge in [-0.1, -0.05) is 12.1 Å². The van der Waals surface area contributed by atoms with Gasteiger partial charge in [0.1, 0.15) is 24.5 Å². The Hall–Kier alpha value is -3.81. The third-order valence-corrected chi connectivity index (χ3v) is 6.14. The average molecular weight is 532 g/mol. The minimum atomic E-state index is -3.90. The molecule has 3 rings (SSSR count). The first kappa shape index (κ1) is 26.8. The Morgan fingerprint density at radius 2 is 1.81 bits per heavy atom. The molecule has 3 aromatic rings.